The Bertz CT molecular complexity index is 546. The van der Waals surface area contributed by atoms with Crippen LogP contribution in [0.3, 0.4) is 0 Å². The Balaban J connectivity index is 2.55. The maximum Gasteiger partial charge on any atom is 0.160 e. The first-order valence-corrected chi connectivity index (χ1v) is 4.77. The highest BCUT2D eigenvalue weighted by atomic mass is 16.3. The third-order valence-corrected chi connectivity index (χ3v) is 2.16. The van der Waals surface area contributed by atoms with E-state index in [9.17, 15) is 0 Å². The van der Waals surface area contributed by atoms with Gasteiger partial charge >= 0.3 is 0 Å². The Kier molecular flexibility index (Phi) is 2.90. The summed E-state index contributed by atoms with van der Waals surface area (Å²) in [5.41, 5.74) is 1.75. The van der Waals surface area contributed by atoms with Crippen molar-refractivity contribution < 1.29 is 5.11 Å². The summed E-state index contributed by atoms with van der Waals surface area (Å²) in [7, 11) is 0. The van der Waals surface area contributed by atoms with E-state index in [1.807, 2.05) is 6.07 Å². The van der Waals surface area contributed by atoms with Crippen LogP contribution in [-0.4, -0.2) is 15.1 Å². The zero-order chi connectivity index (χ0) is 11.4. The van der Waals surface area contributed by atoms with E-state index in [1.54, 1.807) is 30.5 Å². The molecule has 1 aromatic heterocycles. The molecule has 0 radical (unpaired) electrons. The van der Waals surface area contributed by atoms with Gasteiger partial charge < -0.3 is 5.11 Å². The predicted octanol–water partition coefficient (Wildman–Crippen LogP) is 1.51. The van der Waals surface area contributed by atoms with Crippen molar-refractivity contribution in [2.75, 3.05) is 0 Å². The van der Waals surface area contributed by atoms with Crippen LogP contribution in [-0.2, 0) is 6.61 Å². The fraction of sp³-hybridized carbons (Fsp3) is 0.0833. The molecular weight excluding hydrogens is 202 g/mol. The average molecular weight is 211 g/mol. The first kappa shape index (κ1) is 10.3. The van der Waals surface area contributed by atoms with Gasteiger partial charge in [-0.05, 0) is 18.2 Å². The Morgan fingerprint density at radius 3 is 2.81 bits per heavy atom. The maximum absolute atomic E-state index is 8.98. The SMILES string of the molecule is N#Cc1ccccc1-c1nccc(CO)n1. The third-order valence-electron chi connectivity index (χ3n) is 2.16. The first-order chi connectivity index (χ1) is 7.85. The normalized spacial score (nSPS) is 9.75. The summed E-state index contributed by atoms with van der Waals surface area (Å²) in [5.74, 6) is 0.462. The molecule has 0 atom stereocenters. The monoisotopic (exact) mass is 211 g/mol. The standard InChI is InChI=1S/C12H9N3O/c13-7-9-3-1-2-4-11(9)12-14-6-5-10(8-16)15-12/h1-6,16H,8H2. The number of aliphatic hydroxyl groups is 1. The highest BCUT2D eigenvalue weighted by Gasteiger charge is 2.06. The molecule has 2 rings (SSSR count). The molecule has 4 nitrogen and oxygen atoms in total. The molecule has 0 aliphatic heterocycles. The van der Waals surface area contributed by atoms with E-state index in [1.165, 1.54) is 0 Å². The fourth-order valence-corrected chi connectivity index (χ4v) is 1.39. The minimum absolute atomic E-state index is 0.135. The van der Waals surface area contributed by atoms with Crippen molar-refractivity contribution in [3.63, 3.8) is 0 Å². The van der Waals surface area contributed by atoms with Crippen LogP contribution < -0.4 is 0 Å². The minimum Gasteiger partial charge on any atom is -0.390 e. The largest absolute Gasteiger partial charge is 0.390 e. The molecule has 1 heterocycles. The van der Waals surface area contributed by atoms with Crippen molar-refractivity contribution in [2.24, 2.45) is 0 Å². The van der Waals surface area contributed by atoms with E-state index in [0.29, 0.717) is 22.6 Å². The molecule has 78 valence electrons. The van der Waals surface area contributed by atoms with Crippen molar-refractivity contribution in [1.29, 1.82) is 5.26 Å². The predicted molar refractivity (Wildman–Crippen MR) is 58.1 cm³/mol. The second-order valence-electron chi connectivity index (χ2n) is 3.19. The number of benzene rings is 1. The summed E-state index contributed by atoms with van der Waals surface area (Å²) in [5, 5.41) is 17.9. The van der Waals surface area contributed by atoms with Crippen LogP contribution in [0.25, 0.3) is 11.4 Å². The van der Waals surface area contributed by atoms with Gasteiger partial charge in [0, 0.05) is 11.8 Å². The van der Waals surface area contributed by atoms with E-state index in [0.717, 1.165) is 0 Å². The van der Waals surface area contributed by atoms with Crippen LogP contribution in [0.2, 0.25) is 0 Å². The van der Waals surface area contributed by atoms with Crippen LogP contribution in [0.1, 0.15) is 11.3 Å². The van der Waals surface area contributed by atoms with Gasteiger partial charge in [-0.1, -0.05) is 12.1 Å². The molecule has 0 saturated heterocycles. The lowest BCUT2D eigenvalue weighted by Crippen LogP contribution is -1.96. The van der Waals surface area contributed by atoms with Crippen molar-refractivity contribution in [3.8, 4) is 17.5 Å². The Morgan fingerprint density at radius 1 is 1.25 bits per heavy atom. The molecular formula is C12H9N3O. The number of aliphatic hydroxyl groups excluding tert-OH is 1. The molecule has 0 unspecified atom stereocenters. The van der Waals surface area contributed by atoms with Gasteiger partial charge in [0.1, 0.15) is 0 Å². The van der Waals surface area contributed by atoms with Gasteiger partial charge in [0.05, 0.1) is 23.9 Å². The van der Waals surface area contributed by atoms with E-state index < -0.39 is 0 Å². The maximum atomic E-state index is 8.98. The first-order valence-electron chi connectivity index (χ1n) is 4.77. The molecule has 16 heavy (non-hydrogen) atoms. The summed E-state index contributed by atoms with van der Waals surface area (Å²) in [4.78, 5) is 8.25. The second kappa shape index (κ2) is 4.51. The molecule has 1 N–H and O–H groups in total. The van der Waals surface area contributed by atoms with Gasteiger partial charge in [-0.2, -0.15) is 5.26 Å². The van der Waals surface area contributed by atoms with Crippen LogP contribution in [0.5, 0.6) is 0 Å². The topological polar surface area (TPSA) is 69.8 Å². The highest BCUT2D eigenvalue weighted by Crippen LogP contribution is 2.18. The zero-order valence-electron chi connectivity index (χ0n) is 8.46. The Labute approximate surface area is 92.8 Å². The molecule has 0 amide bonds. The van der Waals surface area contributed by atoms with Crippen molar-refractivity contribution in [3.05, 3.63) is 47.8 Å². The van der Waals surface area contributed by atoms with E-state index >= 15 is 0 Å². The zero-order valence-corrected chi connectivity index (χ0v) is 8.46. The molecule has 0 saturated carbocycles. The summed E-state index contributed by atoms with van der Waals surface area (Å²) >= 11 is 0. The van der Waals surface area contributed by atoms with E-state index in [2.05, 4.69) is 16.0 Å². The molecule has 2 aromatic rings. The summed E-state index contributed by atoms with van der Waals surface area (Å²) in [6.45, 7) is -0.135. The van der Waals surface area contributed by atoms with Gasteiger partial charge in [-0.3, -0.25) is 0 Å². The van der Waals surface area contributed by atoms with E-state index in [-0.39, 0.29) is 6.61 Å². The molecule has 1 aromatic carbocycles. The number of aromatic nitrogens is 2. The number of hydrogen-bond donors (Lipinski definition) is 1. The lowest BCUT2D eigenvalue weighted by atomic mass is 10.1. The Hall–Kier alpha value is -2.25. The van der Waals surface area contributed by atoms with Crippen molar-refractivity contribution in [1.82, 2.24) is 9.97 Å². The van der Waals surface area contributed by atoms with Gasteiger partial charge in [0.25, 0.3) is 0 Å². The molecule has 4 heteroatoms. The summed E-state index contributed by atoms with van der Waals surface area (Å²) in [6, 6.07) is 10.8. The fourth-order valence-electron chi connectivity index (χ4n) is 1.39. The van der Waals surface area contributed by atoms with E-state index in [4.69, 9.17) is 10.4 Å². The van der Waals surface area contributed by atoms with Crippen LogP contribution in [0.15, 0.2) is 36.5 Å². The third kappa shape index (κ3) is 1.90. The van der Waals surface area contributed by atoms with Gasteiger partial charge in [0.15, 0.2) is 5.82 Å². The average Bonchev–Trinajstić information content (AvgIpc) is 2.38. The quantitative estimate of drug-likeness (QED) is 0.817. The van der Waals surface area contributed by atoms with Gasteiger partial charge in [-0.25, -0.2) is 9.97 Å². The number of hydrogen-bond acceptors (Lipinski definition) is 4. The molecule has 0 spiro atoms. The second-order valence-corrected chi connectivity index (χ2v) is 3.19. The van der Waals surface area contributed by atoms with Gasteiger partial charge in [-0.15, -0.1) is 0 Å². The number of rotatable bonds is 2. The van der Waals surface area contributed by atoms with Crippen molar-refractivity contribution >= 4 is 0 Å². The minimum atomic E-state index is -0.135. The van der Waals surface area contributed by atoms with Crippen LogP contribution in [0, 0.1) is 11.3 Å². The highest BCUT2D eigenvalue weighted by molar-refractivity contribution is 5.64. The molecule has 0 aliphatic rings. The Morgan fingerprint density at radius 2 is 2.06 bits per heavy atom. The van der Waals surface area contributed by atoms with Gasteiger partial charge in [0.2, 0.25) is 0 Å². The number of nitriles is 1. The number of nitrogens with zero attached hydrogens (tertiary/aromatic N) is 3. The lowest BCUT2D eigenvalue weighted by Gasteiger charge is -2.03. The lowest BCUT2D eigenvalue weighted by molar-refractivity contribution is 0.277. The molecule has 0 fully saturated rings. The summed E-state index contributed by atoms with van der Waals surface area (Å²) in [6.07, 6.45) is 1.57. The van der Waals surface area contributed by atoms with Crippen LogP contribution >= 0.6 is 0 Å². The smallest absolute Gasteiger partial charge is 0.160 e. The van der Waals surface area contributed by atoms with Crippen molar-refractivity contribution in [2.45, 2.75) is 6.61 Å². The molecule has 0 aliphatic carbocycles. The summed E-state index contributed by atoms with van der Waals surface area (Å²) < 4.78 is 0. The van der Waals surface area contributed by atoms with Crippen LogP contribution in [0.4, 0.5) is 0 Å². The molecule has 0 bridgehead atoms.